The second-order valence-electron chi connectivity index (χ2n) is 6.52. The Morgan fingerprint density at radius 2 is 2.12 bits per heavy atom. The van der Waals surface area contributed by atoms with Crippen molar-refractivity contribution in [2.24, 2.45) is 5.92 Å². The van der Waals surface area contributed by atoms with Gasteiger partial charge in [0.25, 0.3) is 0 Å². The second kappa shape index (κ2) is 7.60. The van der Waals surface area contributed by atoms with Crippen molar-refractivity contribution in [2.45, 2.75) is 26.2 Å². The maximum Gasteiger partial charge on any atom is 0.354 e. The van der Waals surface area contributed by atoms with Crippen LogP contribution in [0.3, 0.4) is 0 Å². The maximum atomic E-state index is 12.6. The molecule has 1 fully saturated rings. The Hall–Kier alpha value is -2.48. The van der Waals surface area contributed by atoms with Crippen LogP contribution in [-0.4, -0.2) is 63.8 Å². The van der Waals surface area contributed by atoms with Crippen molar-refractivity contribution in [3.8, 4) is 0 Å². The summed E-state index contributed by atoms with van der Waals surface area (Å²) in [6, 6.07) is 1.58. The van der Waals surface area contributed by atoms with Gasteiger partial charge in [0.2, 0.25) is 0 Å². The first-order valence-corrected chi connectivity index (χ1v) is 8.45. The molecule has 0 aromatic carbocycles. The number of carbonyl (C=O) groups excluding carboxylic acids is 2. The Morgan fingerprint density at radius 1 is 1.36 bits per heavy atom. The van der Waals surface area contributed by atoms with Crippen molar-refractivity contribution in [1.82, 2.24) is 25.3 Å². The number of Topliss-reactive ketones (excluding diaryl/α,β-unsaturated/α-hetero) is 1. The minimum atomic E-state index is -0.462. The van der Waals surface area contributed by atoms with E-state index in [0.717, 1.165) is 38.0 Å². The number of hydrogen-bond donors (Lipinski definition) is 2. The molecule has 2 aromatic rings. The van der Waals surface area contributed by atoms with E-state index in [1.54, 1.807) is 19.2 Å². The minimum absolute atomic E-state index is 0.0267. The van der Waals surface area contributed by atoms with E-state index in [4.69, 9.17) is 0 Å². The first-order valence-electron chi connectivity index (χ1n) is 8.45. The summed E-state index contributed by atoms with van der Waals surface area (Å²) < 4.78 is 4.69. The zero-order valence-electron chi connectivity index (χ0n) is 14.5. The van der Waals surface area contributed by atoms with Gasteiger partial charge in [-0.15, -0.1) is 0 Å². The lowest BCUT2D eigenvalue weighted by atomic mass is 9.92. The Bertz CT molecular complexity index is 730. The molecule has 0 bridgehead atoms. The summed E-state index contributed by atoms with van der Waals surface area (Å²) in [6.45, 7) is 3.95. The van der Waals surface area contributed by atoms with Gasteiger partial charge >= 0.3 is 5.97 Å². The number of nitrogens with zero attached hydrogens (tertiary/aromatic N) is 3. The Kier molecular flexibility index (Phi) is 5.28. The van der Waals surface area contributed by atoms with Crippen LogP contribution in [0.4, 0.5) is 0 Å². The molecule has 0 spiro atoms. The number of likely N-dealkylation sites (tertiary alicyclic amines) is 1. The molecule has 2 N–H and O–H groups in total. The SMILES string of the molecule is COC(=O)c1cc(C(=O)CN2CCC(Cc3cn[nH]n3)CC2)c(C)[nH]1. The van der Waals surface area contributed by atoms with E-state index in [-0.39, 0.29) is 5.78 Å². The highest BCUT2D eigenvalue weighted by Gasteiger charge is 2.24. The number of rotatable bonds is 6. The average Bonchev–Trinajstić information content (AvgIpc) is 3.25. The van der Waals surface area contributed by atoms with E-state index in [2.05, 4.69) is 30.0 Å². The molecule has 2 aromatic heterocycles. The van der Waals surface area contributed by atoms with Gasteiger partial charge in [-0.2, -0.15) is 15.4 Å². The van der Waals surface area contributed by atoms with Crippen molar-refractivity contribution >= 4 is 11.8 Å². The number of methoxy groups -OCH3 is 1. The summed E-state index contributed by atoms with van der Waals surface area (Å²) >= 11 is 0. The largest absolute Gasteiger partial charge is 0.464 e. The standard InChI is InChI=1S/C17H23N5O3/c1-11-14(8-15(19-11)17(24)25-2)16(23)10-22-5-3-12(4-6-22)7-13-9-18-21-20-13/h8-9,12,19H,3-7,10H2,1-2H3,(H,18,20,21). The highest BCUT2D eigenvalue weighted by Crippen LogP contribution is 2.21. The molecule has 0 unspecified atom stereocenters. The number of H-pyrrole nitrogens is 2. The summed E-state index contributed by atoms with van der Waals surface area (Å²) in [6.07, 6.45) is 4.78. The molecule has 134 valence electrons. The van der Waals surface area contributed by atoms with Crippen LogP contribution >= 0.6 is 0 Å². The lowest BCUT2D eigenvalue weighted by molar-refractivity contribution is 0.0594. The Balaban J connectivity index is 1.52. The van der Waals surface area contributed by atoms with Crippen LogP contribution < -0.4 is 0 Å². The fourth-order valence-electron chi connectivity index (χ4n) is 3.32. The van der Waals surface area contributed by atoms with Gasteiger partial charge in [0.15, 0.2) is 5.78 Å². The molecule has 3 heterocycles. The minimum Gasteiger partial charge on any atom is -0.464 e. The van der Waals surface area contributed by atoms with Crippen molar-refractivity contribution in [2.75, 3.05) is 26.7 Å². The molecule has 1 aliphatic heterocycles. The third-order valence-electron chi connectivity index (χ3n) is 4.76. The quantitative estimate of drug-likeness (QED) is 0.605. The fourth-order valence-corrected chi connectivity index (χ4v) is 3.32. The van der Waals surface area contributed by atoms with Gasteiger partial charge in [-0.3, -0.25) is 9.69 Å². The van der Waals surface area contributed by atoms with Gasteiger partial charge in [0.1, 0.15) is 5.69 Å². The molecule has 0 amide bonds. The van der Waals surface area contributed by atoms with Gasteiger partial charge in [-0.05, 0) is 51.3 Å². The number of esters is 1. The molecule has 25 heavy (non-hydrogen) atoms. The van der Waals surface area contributed by atoms with Gasteiger partial charge in [0.05, 0.1) is 25.5 Å². The van der Waals surface area contributed by atoms with Gasteiger partial charge in [-0.25, -0.2) is 4.79 Å². The number of ketones is 1. The Labute approximate surface area is 145 Å². The van der Waals surface area contributed by atoms with E-state index < -0.39 is 5.97 Å². The van der Waals surface area contributed by atoms with Crippen LogP contribution in [0.2, 0.25) is 0 Å². The summed E-state index contributed by atoms with van der Waals surface area (Å²) in [5.74, 6) is 0.144. The fraction of sp³-hybridized carbons (Fsp3) is 0.529. The zero-order chi connectivity index (χ0) is 17.8. The smallest absolute Gasteiger partial charge is 0.354 e. The number of aryl methyl sites for hydroxylation is 1. The number of nitrogens with one attached hydrogen (secondary N) is 2. The number of hydrogen-bond acceptors (Lipinski definition) is 6. The van der Waals surface area contributed by atoms with Gasteiger partial charge in [-0.1, -0.05) is 0 Å². The molecular weight excluding hydrogens is 322 g/mol. The van der Waals surface area contributed by atoms with Crippen LogP contribution in [0.25, 0.3) is 0 Å². The molecule has 1 aliphatic rings. The number of aromatic nitrogens is 4. The summed E-state index contributed by atoms with van der Waals surface area (Å²) in [4.78, 5) is 29.2. The van der Waals surface area contributed by atoms with Gasteiger partial charge in [0, 0.05) is 11.3 Å². The Morgan fingerprint density at radius 3 is 2.76 bits per heavy atom. The van der Waals surface area contributed by atoms with Crippen LogP contribution in [0, 0.1) is 12.8 Å². The zero-order valence-corrected chi connectivity index (χ0v) is 14.5. The monoisotopic (exact) mass is 345 g/mol. The molecule has 0 radical (unpaired) electrons. The molecule has 0 aliphatic carbocycles. The first-order chi connectivity index (χ1) is 12.1. The average molecular weight is 345 g/mol. The van der Waals surface area contributed by atoms with E-state index in [0.29, 0.717) is 29.4 Å². The highest BCUT2D eigenvalue weighted by atomic mass is 16.5. The number of ether oxygens (including phenoxy) is 1. The number of aromatic amines is 2. The maximum absolute atomic E-state index is 12.6. The topological polar surface area (TPSA) is 104 Å². The lowest BCUT2D eigenvalue weighted by Crippen LogP contribution is -2.38. The first kappa shape index (κ1) is 17.3. The van der Waals surface area contributed by atoms with Crippen LogP contribution in [0.1, 0.15) is 45.1 Å². The van der Waals surface area contributed by atoms with Crippen LogP contribution in [0.15, 0.2) is 12.3 Å². The number of piperidine rings is 1. The molecular formula is C17H23N5O3. The van der Waals surface area contributed by atoms with E-state index in [1.807, 2.05) is 0 Å². The molecule has 0 atom stereocenters. The van der Waals surface area contributed by atoms with E-state index in [1.165, 1.54) is 7.11 Å². The molecule has 8 nitrogen and oxygen atoms in total. The highest BCUT2D eigenvalue weighted by molar-refractivity contribution is 6.01. The predicted octanol–water partition coefficient (Wildman–Crippen LogP) is 1.37. The van der Waals surface area contributed by atoms with Crippen LogP contribution in [-0.2, 0) is 11.2 Å². The summed E-state index contributed by atoms with van der Waals surface area (Å²) in [5.41, 5.74) is 2.57. The third-order valence-corrected chi connectivity index (χ3v) is 4.76. The molecule has 3 rings (SSSR count). The van der Waals surface area contributed by atoms with Gasteiger partial charge < -0.3 is 9.72 Å². The molecule has 8 heteroatoms. The van der Waals surface area contributed by atoms with Crippen molar-refractivity contribution in [3.05, 3.63) is 34.9 Å². The summed E-state index contributed by atoms with van der Waals surface area (Å²) in [7, 11) is 1.32. The van der Waals surface area contributed by atoms with E-state index in [9.17, 15) is 9.59 Å². The van der Waals surface area contributed by atoms with Crippen molar-refractivity contribution in [3.63, 3.8) is 0 Å². The van der Waals surface area contributed by atoms with Crippen molar-refractivity contribution in [1.29, 1.82) is 0 Å². The predicted molar refractivity (Wildman–Crippen MR) is 90.5 cm³/mol. The second-order valence-corrected chi connectivity index (χ2v) is 6.52. The number of carbonyl (C=O) groups is 2. The normalized spacial score (nSPS) is 16.1. The third kappa shape index (κ3) is 4.14. The van der Waals surface area contributed by atoms with Crippen molar-refractivity contribution < 1.29 is 14.3 Å². The lowest BCUT2D eigenvalue weighted by Gasteiger charge is -2.31. The van der Waals surface area contributed by atoms with Crippen LogP contribution in [0.5, 0.6) is 0 Å². The molecule has 0 saturated carbocycles. The molecule has 1 saturated heterocycles. The van der Waals surface area contributed by atoms with E-state index >= 15 is 0 Å². The summed E-state index contributed by atoms with van der Waals surface area (Å²) in [5, 5.41) is 10.6.